The van der Waals surface area contributed by atoms with Gasteiger partial charge in [-0.25, -0.2) is 14.8 Å². The zero-order chi connectivity index (χ0) is 10.1. The van der Waals surface area contributed by atoms with E-state index < -0.39 is 5.97 Å². The lowest BCUT2D eigenvalue weighted by Gasteiger charge is -1.91. The summed E-state index contributed by atoms with van der Waals surface area (Å²) in [7, 11) is 0. The zero-order valence-electron chi connectivity index (χ0n) is 6.72. The van der Waals surface area contributed by atoms with Gasteiger partial charge in [0.25, 0.3) is 0 Å². The monoisotopic (exact) mass is 273 g/mol. The van der Waals surface area contributed by atoms with E-state index in [1.807, 2.05) is 5.38 Å². The van der Waals surface area contributed by atoms with Gasteiger partial charge in [0.05, 0.1) is 0 Å². The maximum Gasteiger partial charge on any atom is 0.356 e. The molecular formula is C7H4BrN3O2S. The van der Waals surface area contributed by atoms with Gasteiger partial charge in [0.2, 0.25) is 0 Å². The molecule has 0 aliphatic carbocycles. The Morgan fingerprint density at radius 2 is 2.43 bits per heavy atom. The number of aromatic carboxylic acids is 1. The molecule has 0 radical (unpaired) electrons. The quantitative estimate of drug-likeness (QED) is 0.906. The average molecular weight is 274 g/mol. The summed E-state index contributed by atoms with van der Waals surface area (Å²) in [6.45, 7) is 0. The van der Waals surface area contributed by atoms with Crippen LogP contribution in [0.2, 0.25) is 0 Å². The van der Waals surface area contributed by atoms with Crippen molar-refractivity contribution in [2.45, 2.75) is 0 Å². The van der Waals surface area contributed by atoms with Gasteiger partial charge in [0, 0.05) is 11.6 Å². The largest absolute Gasteiger partial charge is 0.476 e. The second-order valence-electron chi connectivity index (χ2n) is 2.42. The number of thiazole rings is 1. The van der Waals surface area contributed by atoms with Gasteiger partial charge in [-0.05, 0) is 15.9 Å². The minimum absolute atomic E-state index is 0.0105. The lowest BCUT2D eigenvalue weighted by Crippen LogP contribution is -1.95. The zero-order valence-corrected chi connectivity index (χ0v) is 9.12. The molecular weight excluding hydrogens is 270 g/mol. The van der Waals surface area contributed by atoms with Gasteiger partial charge >= 0.3 is 5.97 Å². The lowest BCUT2D eigenvalue weighted by molar-refractivity contribution is 0.0691. The van der Waals surface area contributed by atoms with Gasteiger partial charge < -0.3 is 5.11 Å². The fraction of sp³-hybridized carbons (Fsp3) is 0. The highest BCUT2D eigenvalue weighted by molar-refractivity contribution is 9.10. The minimum Gasteiger partial charge on any atom is -0.476 e. The molecule has 2 aromatic heterocycles. The molecule has 0 spiro atoms. The Balaban J connectivity index is 2.38. The first-order chi connectivity index (χ1) is 6.66. The fourth-order valence-electron chi connectivity index (χ4n) is 0.902. The van der Waals surface area contributed by atoms with Crippen LogP contribution in [0.5, 0.6) is 0 Å². The van der Waals surface area contributed by atoms with E-state index in [0.29, 0.717) is 5.13 Å². The Morgan fingerprint density at radius 3 is 2.93 bits per heavy atom. The van der Waals surface area contributed by atoms with Crippen LogP contribution in [0.15, 0.2) is 22.5 Å². The highest BCUT2D eigenvalue weighted by atomic mass is 79.9. The Morgan fingerprint density at radius 1 is 1.64 bits per heavy atom. The Labute approximate surface area is 91.2 Å². The molecule has 0 bridgehead atoms. The van der Waals surface area contributed by atoms with E-state index in [9.17, 15) is 4.79 Å². The number of hydrogen-bond donors (Lipinski definition) is 1. The third-order valence-electron chi connectivity index (χ3n) is 1.49. The van der Waals surface area contributed by atoms with Gasteiger partial charge in [-0.2, -0.15) is 0 Å². The van der Waals surface area contributed by atoms with Crippen molar-refractivity contribution in [1.82, 2.24) is 14.5 Å². The van der Waals surface area contributed by atoms with Gasteiger partial charge in [-0.3, -0.25) is 4.57 Å². The van der Waals surface area contributed by atoms with Crippen molar-refractivity contribution < 1.29 is 9.90 Å². The van der Waals surface area contributed by atoms with E-state index in [1.165, 1.54) is 23.9 Å². The standard InChI is InChI=1S/C7H4BrN3O2S/c8-5-2-14-7(10-5)11-1-4(6(12)13)9-3-11/h1-3H,(H,12,13). The first-order valence-corrected chi connectivity index (χ1v) is 5.23. The molecule has 7 heteroatoms. The van der Waals surface area contributed by atoms with Crippen LogP contribution in [0.4, 0.5) is 0 Å². The number of carboxylic acids is 1. The van der Waals surface area contributed by atoms with E-state index >= 15 is 0 Å². The number of imidazole rings is 1. The number of nitrogens with zero attached hydrogens (tertiary/aromatic N) is 3. The van der Waals surface area contributed by atoms with Crippen molar-refractivity contribution in [3.05, 3.63) is 28.2 Å². The summed E-state index contributed by atoms with van der Waals surface area (Å²) in [5.41, 5.74) is 0.0105. The molecule has 2 heterocycles. The summed E-state index contributed by atoms with van der Waals surface area (Å²) in [5, 5.41) is 11.1. The van der Waals surface area contributed by atoms with Crippen molar-refractivity contribution in [3.63, 3.8) is 0 Å². The maximum atomic E-state index is 10.5. The van der Waals surface area contributed by atoms with Crippen LogP contribution in [0, 0.1) is 0 Å². The summed E-state index contributed by atoms with van der Waals surface area (Å²) < 4.78 is 2.29. The molecule has 0 saturated heterocycles. The highest BCUT2D eigenvalue weighted by Crippen LogP contribution is 2.18. The van der Waals surface area contributed by atoms with Crippen molar-refractivity contribution in [2.75, 3.05) is 0 Å². The van der Waals surface area contributed by atoms with Crippen molar-refractivity contribution in [3.8, 4) is 5.13 Å². The topological polar surface area (TPSA) is 68.0 Å². The second-order valence-corrected chi connectivity index (χ2v) is 4.07. The van der Waals surface area contributed by atoms with Crippen molar-refractivity contribution in [2.24, 2.45) is 0 Å². The molecule has 72 valence electrons. The smallest absolute Gasteiger partial charge is 0.356 e. The molecule has 0 aliphatic rings. The van der Waals surface area contributed by atoms with Crippen LogP contribution in [0.25, 0.3) is 5.13 Å². The molecule has 0 atom stereocenters. The minimum atomic E-state index is -1.04. The van der Waals surface area contributed by atoms with Crippen LogP contribution in [-0.2, 0) is 0 Å². The molecule has 2 rings (SSSR count). The van der Waals surface area contributed by atoms with E-state index in [1.54, 1.807) is 4.57 Å². The molecule has 1 N–H and O–H groups in total. The van der Waals surface area contributed by atoms with Crippen LogP contribution >= 0.6 is 27.3 Å². The van der Waals surface area contributed by atoms with Gasteiger partial charge in [-0.1, -0.05) is 0 Å². The first-order valence-electron chi connectivity index (χ1n) is 3.55. The molecule has 5 nitrogen and oxygen atoms in total. The molecule has 0 fully saturated rings. The number of aromatic nitrogens is 3. The number of rotatable bonds is 2. The number of carboxylic acid groups (broad SMARTS) is 1. The molecule has 14 heavy (non-hydrogen) atoms. The third-order valence-corrected chi connectivity index (χ3v) is 3.05. The van der Waals surface area contributed by atoms with Gasteiger partial charge in [0.15, 0.2) is 10.8 Å². The predicted octanol–water partition coefficient (Wildman–Crippen LogP) is 1.79. The average Bonchev–Trinajstić information content (AvgIpc) is 2.70. The predicted molar refractivity (Wildman–Crippen MR) is 53.9 cm³/mol. The Hall–Kier alpha value is -1.21. The summed E-state index contributed by atoms with van der Waals surface area (Å²) in [6, 6.07) is 0. The summed E-state index contributed by atoms with van der Waals surface area (Å²) in [6.07, 6.45) is 2.85. The summed E-state index contributed by atoms with van der Waals surface area (Å²) >= 11 is 4.61. The third kappa shape index (κ3) is 1.68. The Kier molecular flexibility index (Phi) is 2.34. The van der Waals surface area contributed by atoms with Crippen molar-refractivity contribution in [1.29, 1.82) is 0 Å². The number of halogens is 1. The summed E-state index contributed by atoms with van der Waals surface area (Å²) in [5.74, 6) is -1.04. The molecule has 0 amide bonds. The number of hydrogen-bond acceptors (Lipinski definition) is 4. The second kappa shape index (κ2) is 3.50. The molecule has 0 aromatic carbocycles. The first kappa shape index (κ1) is 9.35. The van der Waals surface area contributed by atoms with Gasteiger partial charge in [0.1, 0.15) is 10.9 Å². The van der Waals surface area contributed by atoms with E-state index in [2.05, 4.69) is 25.9 Å². The van der Waals surface area contributed by atoms with E-state index in [-0.39, 0.29) is 5.69 Å². The van der Waals surface area contributed by atoms with Crippen LogP contribution in [-0.4, -0.2) is 25.6 Å². The fourth-order valence-corrected chi connectivity index (χ4v) is 2.10. The maximum absolute atomic E-state index is 10.5. The highest BCUT2D eigenvalue weighted by Gasteiger charge is 2.09. The molecule has 0 aliphatic heterocycles. The molecule has 0 saturated carbocycles. The molecule has 0 unspecified atom stereocenters. The van der Waals surface area contributed by atoms with Crippen molar-refractivity contribution >= 4 is 33.2 Å². The summed E-state index contributed by atoms with van der Waals surface area (Å²) in [4.78, 5) is 18.4. The van der Waals surface area contributed by atoms with E-state index in [4.69, 9.17) is 5.11 Å². The lowest BCUT2D eigenvalue weighted by atomic mass is 10.5. The Bertz CT molecular complexity index is 479. The van der Waals surface area contributed by atoms with Crippen LogP contribution in [0.1, 0.15) is 10.5 Å². The van der Waals surface area contributed by atoms with E-state index in [0.717, 1.165) is 4.60 Å². The van der Waals surface area contributed by atoms with Crippen LogP contribution < -0.4 is 0 Å². The number of carbonyl (C=O) groups is 1. The molecule has 2 aromatic rings. The van der Waals surface area contributed by atoms with Gasteiger partial charge in [-0.15, -0.1) is 11.3 Å². The SMILES string of the molecule is O=C(O)c1cn(-c2nc(Br)cs2)cn1. The normalized spacial score (nSPS) is 10.4. The van der Waals surface area contributed by atoms with Crippen LogP contribution in [0.3, 0.4) is 0 Å².